The summed E-state index contributed by atoms with van der Waals surface area (Å²) in [5.74, 6) is 0.581. The van der Waals surface area contributed by atoms with Gasteiger partial charge in [0.25, 0.3) is 0 Å². The van der Waals surface area contributed by atoms with Crippen LogP contribution in [-0.2, 0) is 4.74 Å². The first kappa shape index (κ1) is 14.5. The van der Waals surface area contributed by atoms with E-state index in [0.29, 0.717) is 18.9 Å². The monoisotopic (exact) mass is 239 g/mol. The molecule has 98 valence electrons. The summed E-state index contributed by atoms with van der Waals surface area (Å²) in [7, 11) is 1.63. The molecule has 1 fully saturated rings. The summed E-state index contributed by atoms with van der Waals surface area (Å²) >= 11 is 0. The number of nitrogens with zero attached hydrogens (tertiary/aromatic N) is 1. The highest BCUT2D eigenvalue weighted by atomic mass is 16.5. The molecule has 0 bridgehead atoms. The Labute approximate surface area is 105 Å². The Hall–Kier alpha value is -0.590. The summed E-state index contributed by atoms with van der Waals surface area (Å²) in [5.41, 5.74) is -1.52. The molecule has 0 radical (unpaired) electrons. The van der Waals surface area contributed by atoms with Crippen LogP contribution in [0.3, 0.4) is 0 Å². The van der Waals surface area contributed by atoms with Crippen LogP contribution in [0.1, 0.15) is 52.4 Å². The smallest absolute Gasteiger partial charge is 0.0861 e. The molecule has 0 aromatic carbocycles. The van der Waals surface area contributed by atoms with Crippen molar-refractivity contribution in [1.82, 2.24) is 0 Å². The quantitative estimate of drug-likeness (QED) is 0.802. The molecule has 17 heavy (non-hydrogen) atoms. The highest BCUT2D eigenvalue weighted by Crippen LogP contribution is 2.48. The molecule has 0 spiro atoms. The van der Waals surface area contributed by atoms with E-state index < -0.39 is 11.0 Å². The van der Waals surface area contributed by atoms with Crippen molar-refractivity contribution >= 4 is 0 Å². The Kier molecular flexibility index (Phi) is 4.97. The van der Waals surface area contributed by atoms with Crippen LogP contribution in [0.2, 0.25) is 0 Å². The van der Waals surface area contributed by atoms with Crippen LogP contribution in [0, 0.1) is 22.7 Å². The average molecular weight is 239 g/mol. The molecular formula is C14H25NO2. The van der Waals surface area contributed by atoms with Gasteiger partial charge < -0.3 is 9.84 Å². The first-order valence-electron chi connectivity index (χ1n) is 6.64. The lowest BCUT2D eigenvalue weighted by atomic mass is 9.60. The van der Waals surface area contributed by atoms with Gasteiger partial charge in [-0.1, -0.05) is 26.2 Å². The van der Waals surface area contributed by atoms with Gasteiger partial charge in [-0.15, -0.1) is 0 Å². The first-order chi connectivity index (χ1) is 8.01. The number of hydrogen-bond acceptors (Lipinski definition) is 3. The van der Waals surface area contributed by atoms with Gasteiger partial charge in [-0.25, -0.2) is 0 Å². The van der Waals surface area contributed by atoms with E-state index in [1.54, 1.807) is 14.0 Å². The molecule has 3 atom stereocenters. The third-order valence-electron chi connectivity index (χ3n) is 4.47. The zero-order valence-corrected chi connectivity index (χ0v) is 11.3. The van der Waals surface area contributed by atoms with Crippen molar-refractivity contribution in [2.24, 2.45) is 11.3 Å². The van der Waals surface area contributed by atoms with Gasteiger partial charge in [-0.2, -0.15) is 5.26 Å². The zero-order chi connectivity index (χ0) is 12.9. The van der Waals surface area contributed by atoms with Gasteiger partial charge in [0.2, 0.25) is 0 Å². The van der Waals surface area contributed by atoms with Crippen molar-refractivity contribution in [3.05, 3.63) is 0 Å². The predicted molar refractivity (Wildman–Crippen MR) is 67.4 cm³/mol. The van der Waals surface area contributed by atoms with Crippen LogP contribution in [0.15, 0.2) is 0 Å². The Morgan fingerprint density at radius 1 is 1.59 bits per heavy atom. The molecule has 1 rings (SSSR count). The highest BCUT2D eigenvalue weighted by molar-refractivity contribution is 5.11. The first-order valence-corrected chi connectivity index (χ1v) is 6.64. The lowest BCUT2D eigenvalue weighted by molar-refractivity contribution is -0.0837. The maximum absolute atomic E-state index is 10.6. The van der Waals surface area contributed by atoms with E-state index in [0.717, 1.165) is 25.7 Å². The molecule has 3 nitrogen and oxygen atoms in total. The third-order valence-corrected chi connectivity index (χ3v) is 4.47. The molecule has 0 aliphatic heterocycles. The van der Waals surface area contributed by atoms with Gasteiger partial charge in [-0.3, -0.25) is 0 Å². The molecule has 0 aromatic rings. The van der Waals surface area contributed by atoms with E-state index in [4.69, 9.17) is 4.74 Å². The molecule has 1 aliphatic rings. The van der Waals surface area contributed by atoms with E-state index in [9.17, 15) is 10.4 Å². The molecule has 0 saturated heterocycles. The number of rotatable bonds is 5. The lowest BCUT2D eigenvalue weighted by Gasteiger charge is -2.45. The van der Waals surface area contributed by atoms with Gasteiger partial charge in [0, 0.05) is 20.1 Å². The Morgan fingerprint density at radius 3 is 2.82 bits per heavy atom. The van der Waals surface area contributed by atoms with Crippen LogP contribution in [-0.4, -0.2) is 24.4 Å². The van der Waals surface area contributed by atoms with Crippen molar-refractivity contribution in [2.45, 2.75) is 58.0 Å². The van der Waals surface area contributed by atoms with Crippen molar-refractivity contribution in [3.63, 3.8) is 0 Å². The van der Waals surface area contributed by atoms with E-state index in [-0.39, 0.29) is 0 Å². The molecule has 1 aliphatic carbocycles. The fraction of sp³-hybridized carbons (Fsp3) is 0.929. The SMILES string of the molecule is CCC1CCCC(C#N)(C(C)(O)CCOC)C1. The molecule has 1 saturated carbocycles. The van der Waals surface area contributed by atoms with E-state index in [1.807, 2.05) is 0 Å². The van der Waals surface area contributed by atoms with Gasteiger partial charge in [-0.05, 0) is 25.7 Å². The Balaban J connectivity index is 2.83. The second-order valence-corrected chi connectivity index (χ2v) is 5.58. The minimum absolute atomic E-state index is 0.507. The summed E-state index contributed by atoms with van der Waals surface area (Å²) < 4.78 is 5.04. The van der Waals surface area contributed by atoms with Crippen LogP contribution in [0.5, 0.6) is 0 Å². The van der Waals surface area contributed by atoms with Crippen LogP contribution in [0.4, 0.5) is 0 Å². The van der Waals surface area contributed by atoms with Gasteiger partial charge in [0.1, 0.15) is 0 Å². The summed E-state index contributed by atoms with van der Waals surface area (Å²) in [4.78, 5) is 0. The average Bonchev–Trinajstić information content (AvgIpc) is 2.36. The maximum atomic E-state index is 10.6. The van der Waals surface area contributed by atoms with Gasteiger partial charge in [0.05, 0.1) is 17.1 Å². The van der Waals surface area contributed by atoms with Gasteiger partial charge >= 0.3 is 0 Å². The summed E-state index contributed by atoms with van der Waals surface area (Å²) in [6, 6.07) is 2.43. The number of hydrogen-bond donors (Lipinski definition) is 1. The van der Waals surface area contributed by atoms with E-state index in [2.05, 4.69) is 13.0 Å². The molecular weight excluding hydrogens is 214 g/mol. The normalized spacial score (nSPS) is 32.8. The molecule has 0 amide bonds. The summed E-state index contributed by atoms with van der Waals surface area (Å²) in [6.45, 7) is 4.47. The molecule has 3 heteroatoms. The molecule has 0 aromatic heterocycles. The summed E-state index contributed by atoms with van der Waals surface area (Å²) in [5, 5.41) is 20.2. The highest BCUT2D eigenvalue weighted by Gasteiger charge is 2.49. The third kappa shape index (κ3) is 3.00. The number of nitriles is 1. The van der Waals surface area contributed by atoms with Gasteiger partial charge in [0.15, 0.2) is 0 Å². The Bertz CT molecular complexity index is 282. The Morgan fingerprint density at radius 2 is 2.29 bits per heavy atom. The standard InChI is InChI=1S/C14H25NO2/c1-4-12-6-5-7-14(10-12,11-15)13(2,16)8-9-17-3/h12,16H,4-10H2,1-3H3. The minimum Gasteiger partial charge on any atom is -0.388 e. The van der Waals surface area contributed by atoms with Crippen LogP contribution >= 0.6 is 0 Å². The molecule has 0 heterocycles. The van der Waals surface area contributed by atoms with E-state index >= 15 is 0 Å². The maximum Gasteiger partial charge on any atom is 0.0861 e. The largest absolute Gasteiger partial charge is 0.388 e. The predicted octanol–water partition coefficient (Wildman–Crippen LogP) is 2.88. The second-order valence-electron chi connectivity index (χ2n) is 5.58. The van der Waals surface area contributed by atoms with E-state index in [1.165, 1.54) is 6.42 Å². The minimum atomic E-state index is -0.939. The lowest BCUT2D eigenvalue weighted by Crippen LogP contribution is -2.48. The number of aliphatic hydroxyl groups is 1. The van der Waals surface area contributed by atoms with Crippen molar-refractivity contribution < 1.29 is 9.84 Å². The molecule has 1 N–H and O–H groups in total. The number of ether oxygens (including phenoxy) is 1. The zero-order valence-electron chi connectivity index (χ0n) is 11.3. The van der Waals surface area contributed by atoms with Crippen LogP contribution in [0.25, 0.3) is 0 Å². The second kappa shape index (κ2) is 5.84. The fourth-order valence-electron chi connectivity index (χ4n) is 2.99. The summed E-state index contributed by atoms with van der Waals surface area (Å²) in [6.07, 6.45) is 5.53. The number of methoxy groups -OCH3 is 1. The topological polar surface area (TPSA) is 53.2 Å². The molecule has 3 unspecified atom stereocenters. The fourth-order valence-corrected chi connectivity index (χ4v) is 2.99. The van der Waals surface area contributed by atoms with Crippen molar-refractivity contribution in [1.29, 1.82) is 5.26 Å². The van der Waals surface area contributed by atoms with Crippen LogP contribution < -0.4 is 0 Å². The van der Waals surface area contributed by atoms with Crippen molar-refractivity contribution in [2.75, 3.05) is 13.7 Å². The van der Waals surface area contributed by atoms with Crippen molar-refractivity contribution in [3.8, 4) is 6.07 Å².